The minimum absolute atomic E-state index is 0.284. The summed E-state index contributed by atoms with van der Waals surface area (Å²) < 4.78 is 17.2. The molecule has 0 saturated carbocycles. The molecule has 3 aromatic heterocycles. The van der Waals surface area contributed by atoms with Crippen molar-refractivity contribution in [3.8, 4) is 0 Å². The molecule has 25 heavy (non-hydrogen) atoms. The summed E-state index contributed by atoms with van der Waals surface area (Å²) in [6, 6.07) is 10.6. The first-order chi connectivity index (χ1) is 11.8. The fraction of sp³-hybridized carbons (Fsp3) is 0.300. The van der Waals surface area contributed by atoms with Crippen LogP contribution in [0.25, 0.3) is 0 Å². The maximum absolute atomic E-state index is 10.9. The highest BCUT2D eigenvalue weighted by atomic mass is 16.4. The van der Waals surface area contributed by atoms with Crippen molar-refractivity contribution in [2.75, 3.05) is 0 Å². The molecule has 0 radical (unpaired) electrons. The molecule has 5 nitrogen and oxygen atoms in total. The molecular weight excluding hydrogens is 320 g/mol. The Labute approximate surface area is 145 Å². The van der Waals surface area contributed by atoms with Gasteiger partial charge in [-0.05, 0) is 64.1 Å². The largest absolute Gasteiger partial charge is 0.464 e. The Bertz CT molecular complexity index is 831. The zero-order valence-electron chi connectivity index (χ0n) is 14.7. The Kier molecular flexibility index (Phi) is 4.03. The van der Waals surface area contributed by atoms with Crippen LogP contribution in [0, 0.1) is 0 Å². The molecule has 0 spiro atoms. The monoisotopic (exact) mass is 340 g/mol. The van der Waals surface area contributed by atoms with Crippen LogP contribution in [0.1, 0.15) is 71.8 Å². The highest BCUT2D eigenvalue weighted by Gasteiger charge is 2.35. The summed E-state index contributed by atoms with van der Waals surface area (Å²) in [5.41, 5.74) is -1.07. The van der Waals surface area contributed by atoms with E-state index in [9.17, 15) is 9.59 Å². The number of rotatable bonds is 6. The fourth-order valence-electron chi connectivity index (χ4n) is 2.76. The van der Waals surface area contributed by atoms with E-state index in [2.05, 4.69) is 0 Å². The van der Waals surface area contributed by atoms with Gasteiger partial charge >= 0.3 is 0 Å². The first-order valence-corrected chi connectivity index (χ1v) is 8.01. The Morgan fingerprint density at radius 2 is 0.920 bits per heavy atom. The molecular formula is C20H20O5. The van der Waals surface area contributed by atoms with E-state index in [1.54, 1.807) is 24.3 Å². The number of carbonyl (C=O) groups is 2. The lowest BCUT2D eigenvalue weighted by Gasteiger charge is -2.22. The normalized spacial score (nSPS) is 12.3. The summed E-state index contributed by atoms with van der Waals surface area (Å²) in [6.07, 6.45) is 1.36. The van der Waals surface area contributed by atoms with E-state index in [0.717, 1.165) is 0 Å². The molecule has 0 aliphatic rings. The average Bonchev–Trinajstić information content (AvgIpc) is 3.34. The number of hydrogen-bond donors (Lipinski definition) is 0. The Hall–Kier alpha value is -2.82. The summed E-state index contributed by atoms with van der Waals surface area (Å²) in [5, 5.41) is 0. The lowest BCUT2D eigenvalue weighted by molar-refractivity contribution is 0.109. The third-order valence-electron chi connectivity index (χ3n) is 4.56. The van der Waals surface area contributed by atoms with Crippen LogP contribution < -0.4 is 0 Å². The van der Waals surface area contributed by atoms with Crippen LogP contribution in [0.3, 0.4) is 0 Å². The molecule has 3 aromatic rings. The predicted molar refractivity (Wildman–Crippen MR) is 91.2 cm³/mol. The van der Waals surface area contributed by atoms with Crippen molar-refractivity contribution in [1.29, 1.82) is 0 Å². The van der Waals surface area contributed by atoms with E-state index >= 15 is 0 Å². The molecule has 5 heteroatoms. The third kappa shape index (κ3) is 2.86. The molecule has 0 atom stereocenters. The average molecular weight is 340 g/mol. The quantitative estimate of drug-likeness (QED) is 0.606. The smallest absolute Gasteiger partial charge is 0.185 e. The van der Waals surface area contributed by atoms with E-state index in [4.69, 9.17) is 13.3 Å². The third-order valence-corrected chi connectivity index (χ3v) is 4.56. The summed E-state index contributed by atoms with van der Waals surface area (Å²) in [6.45, 7) is 7.86. The second kappa shape index (κ2) is 5.92. The van der Waals surface area contributed by atoms with Crippen molar-refractivity contribution in [2.24, 2.45) is 0 Å². The van der Waals surface area contributed by atoms with Gasteiger partial charge in [0, 0.05) is 0 Å². The van der Waals surface area contributed by atoms with Crippen LogP contribution in [0.4, 0.5) is 0 Å². The predicted octanol–water partition coefficient (Wildman–Crippen LogP) is 4.74. The van der Waals surface area contributed by atoms with E-state index in [0.29, 0.717) is 35.6 Å². The summed E-state index contributed by atoms with van der Waals surface area (Å²) in [4.78, 5) is 21.7. The van der Waals surface area contributed by atoms with Crippen molar-refractivity contribution in [3.05, 3.63) is 71.0 Å². The molecule has 0 aliphatic heterocycles. The number of carbonyl (C=O) groups excluding carboxylic acids is 2. The standard InChI is InChI=1S/C20H20O5/c1-19(2,15-7-5-13(11-21)23-15)17-9-10-18(25-17)20(3,4)16-8-6-14(12-22)24-16/h5-12H,1-4H3. The molecule has 0 aromatic carbocycles. The van der Waals surface area contributed by atoms with E-state index in [1.807, 2.05) is 39.8 Å². The summed E-state index contributed by atoms with van der Waals surface area (Å²) in [5.74, 6) is 3.29. The van der Waals surface area contributed by atoms with Gasteiger partial charge in [-0.3, -0.25) is 9.59 Å². The van der Waals surface area contributed by atoms with Crippen LogP contribution in [-0.2, 0) is 10.8 Å². The van der Waals surface area contributed by atoms with Gasteiger partial charge in [0.25, 0.3) is 0 Å². The number of aldehydes is 2. The van der Waals surface area contributed by atoms with Gasteiger partial charge in [0.15, 0.2) is 24.1 Å². The summed E-state index contributed by atoms with van der Waals surface area (Å²) in [7, 11) is 0. The van der Waals surface area contributed by atoms with Crippen molar-refractivity contribution in [1.82, 2.24) is 0 Å². The van der Waals surface area contributed by atoms with Gasteiger partial charge in [-0.15, -0.1) is 0 Å². The highest BCUT2D eigenvalue weighted by Crippen LogP contribution is 2.38. The molecule has 130 valence electrons. The lowest BCUT2D eigenvalue weighted by Crippen LogP contribution is -2.19. The van der Waals surface area contributed by atoms with Crippen LogP contribution in [0.15, 0.2) is 49.6 Å². The lowest BCUT2D eigenvalue weighted by atomic mass is 9.87. The maximum atomic E-state index is 10.9. The topological polar surface area (TPSA) is 73.6 Å². The first kappa shape index (κ1) is 17.0. The Balaban J connectivity index is 1.95. The van der Waals surface area contributed by atoms with Gasteiger partial charge in [0.1, 0.15) is 23.0 Å². The van der Waals surface area contributed by atoms with Crippen molar-refractivity contribution < 1.29 is 22.8 Å². The maximum Gasteiger partial charge on any atom is 0.185 e. The second-order valence-electron chi connectivity index (χ2n) is 7.05. The molecule has 0 aliphatic carbocycles. The molecule has 0 amide bonds. The fourth-order valence-corrected chi connectivity index (χ4v) is 2.76. The SMILES string of the molecule is CC(C)(c1ccc(C=O)o1)c1ccc(C(C)(C)c2ccc(C=O)o2)o1. The van der Waals surface area contributed by atoms with Crippen molar-refractivity contribution in [3.63, 3.8) is 0 Å². The van der Waals surface area contributed by atoms with Gasteiger partial charge in [-0.1, -0.05) is 0 Å². The first-order valence-electron chi connectivity index (χ1n) is 8.01. The Morgan fingerprint density at radius 1 is 0.600 bits per heavy atom. The molecule has 0 N–H and O–H groups in total. The molecule has 3 heterocycles. The minimum Gasteiger partial charge on any atom is -0.464 e. The van der Waals surface area contributed by atoms with Crippen molar-refractivity contribution >= 4 is 12.6 Å². The van der Waals surface area contributed by atoms with E-state index in [-0.39, 0.29) is 11.5 Å². The van der Waals surface area contributed by atoms with Crippen LogP contribution in [-0.4, -0.2) is 12.6 Å². The number of furan rings is 3. The van der Waals surface area contributed by atoms with Gasteiger partial charge in [-0.2, -0.15) is 0 Å². The van der Waals surface area contributed by atoms with Gasteiger partial charge in [0.2, 0.25) is 0 Å². The zero-order valence-corrected chi connectivity index (χ0v) is 14.7. The minimum atomic E-state index is -0.535. The second-order valence-corrected chi connectivity index (χ2v) is 7.05. The highest BCUT2D eigenvalue weighted by molar-refractivity contribution is 5.71. The van der Waals surface area contributed by atoms with Crippen molar-refractivity contribution in [2.45, 2.75) is 38.5 Å². The van der Waals surface area contributed by atoms with Crippen LogP contribution >= 0.6 is 0 Å². The zero-order chi connectivity index (χ0) is 18.2. The molecule has 3 rings (SSSR count). The molecule has 0 unspecified atom stereocenters. The van der Waals surface area contributed by atoms with Gasteiger partial charge in [-0.25, -0.2) is 0 Å². The van der Waals surface area contributed by atoms with Gasteiger partial charge in [0.05, 0.1) is 10.8 Å². The van der Waals surface area contributed by atoms with Crippen LogP contribution in [0.5, 0.6) is 0 Å². The van der Waals surface area contributed by atoms with Crippen LogP contribution in [0.2, 0.25) is 0 Å². The number of hydrogen-bond acceptors (Lipinski definition) is 5. The molecule has 0 bridgehead atoms. The summed E-state index contributed by atoms with van der Waals surface area (Å²) >= 11 is 0. The van der Waals surface area contributed by atoms with E-state index in [1.165, 1.54) is 0 Å². The molecule has 0 fully saturated rings. The molecule has 0 saturated heterocycles. The Morgan fingerprint density at radius 3 is 1.24 bits per heavy atom. The van der Waals surface area contributed by atoms with Gasteiger partial charge < -0.3 is 13.3 Å². The van der Waals surface area contributed by atoms with E-state index < -0.39 is 10.8 Å².